The standard InChI is InChI=1S/C8H13NO3S2/c1-7(2)14(11,12)6-4-9-3-5-13-8(9)10/h3,5,7H,4,6H2,1-2H3. The molecule has 0 bridgehead atoms. The van der Waals surface area contributed by atoms with Gasteiger partial charge in [-0.05, 0) is 13.8 Å². The van der Waals surface area contributed by atoms with Crippen molar-refractivity contribution in [3.63, 3.8) is 0 Å². The lowest BCUT2D eigenvalue weighted by Gasteiger charge is -2.06. The van der Waals surface area contributed by atoms with E-state index in [-0.39, 0.29) is 22.4 Å². The highest BCUT2D eigenvalue weighted by Crippen LogP contribution is 2.01. The summed E-state index contributed by atoms with van der Waals surface area (Å²) in [5.74, 6) is 0.0291. The maximum atomic E-state index is 11.4. The Morgan fingerprint density at radius 1 is 1.50 bits per heavy atom. The molecule has 0 radical (unpaired) electrons. The average Bonchev–Trinajstić information content (AvgIpc) is 2.47. The highest BCUT2D eigenvalue weighted by Gasteiger charge is 2.15. The fourth-order valence-corrected chi connectivity index (χ4v) is 2.45. The van der Waals surface area contributed by atoms with Crippen LogP contribution in [0.4, 0.5) is 0 Å². The van der Waals surface area contributed by atoms with Crippen LogP contribution >= 0.6 is 11.3 Å². The third kappa shape index (κ3) is 2.68. The molecule has 0 unspecified atom stereocenters. The van der Waals surface area contributed by atoms with E-state index in [1.165, 1.54) is 4.57 Å². The van der Waals surface area contributed by atoms with Crippen molar-refractivity contribution in [2.45, 2.75) is 25.6 Å². The molecule has 1 heterocycles. The van der Waals surface area contributed by atoms with Crippen molar-refractivity contribution in [3.8, 4) is 0 Å². The van der Waals surface area contributed by atoms with Gasteiger partial charge in [-0.2, -0.15) is 0 Å². The topological polar surface area (TPSA) is 56.1 Å². The van der Waals surface area contributed by atoms with E-state index < -0.39 is 9.84 Å². The number of aryl methyl sites for hydroxylation is 1. The number of thiazole rings is 1. The average molecular weight is 235 g/mol. The molecule has 0 aliphatic carbocycles. The fourth-order valence-electron chi connectivity index (χ4n) is 0.918. The van der Waals surface area contributed by atoms with Gasteiger partial charge in [0.15, 0.2) is 9.84 Å². The molecule has 0 aromatic carbocycles. The van der Waals surface area contributed by atoms with Gasteiger partial charge in [0.25, 0.3) is 0 Å². The minimum Gasteiger partial charge on any atom is -0.305 e. The molecule has 14 heavy (non-hydrogen) atoms. The van der Waals surface area contributed by atoms with Crippen molar-refractivity contribution in [1.29, 1.82) is 0 Å². The molecule has 1 rings (SSSR count). The van der Waals surface area contributed by atoms with E-state index in [9.17, 15) is 13.2 Å². The lowest BCUT2D eigenvalue weighted by Crippen LogP contribution is -2.24. The quantitative estimate of drug-likeness (QED) is 0.773. The highest BCUT2D eigenvalue weighted by atomic mass is 32.2. The first kappa shape index (κ1) is 11.5. The van der Waals surface area contributed by atoms with Crippen molar-refractivity contribution in [1.82, 2.24) is 4.57 Å². The number of sulfone groups is 1. The van der Waals surface area contributed by atoms with Crippen LogP contribution in [-0.2, 0) is 16.4 Å². The Kier molecular flexibility index (Phi) is 3.49. The van der Waals surface area contributed by atoms with Crippen molar-refractivity contribution >= 4 is 21.2 Å². The molecule has 0 aliphatic heterocycles. The van der Waals surface area contributed by atoms with Crippen LogP contribution in [0.3, 0.4) is 0 Å². The summed E-state index contributed by atoms with van der Waals surface area (Å²) < 4.78 is 24.3. The van der Waals surface area contributed by atoms with Gasteiger partial charge in [-0.15, -0.1) is 0 Å². The minimum atomic E-state index is -3.05. The van der Waals surface area contributed by atoms with E-state index in [0.717, 1.165) is 11.3 Å². The minimum absolute atomic E-state index is 0.0291. The molecule has 0 aliphatic rings. The van der Waals surface area contributed by atoms with Gasteiger partial charge in [0.2, 0.25) is 0 Å². The van der Waals surface area contributed by atoms with Crippen molar-refractivity contribution < 1.29 is 8.42 Å². The lowest BCUT2D eigenvalue weighted by molar-refractivity contribution is 0.579. The number of hydrogen-bond donors (Lipinski definition) is 0. The Morgan fingerprint density at radius 3 is 2.57 bits per heavy atom. The number of rotatable bonds is 4. The number of nitrogens with zero attached hydrogens (tertiary/aromatic N) is 1. The summed E-state index contributed by atoms with van der Waals surface area (Å²) in [6, 6.07) is 0. The van der Waals surface area contributed by atoms with Crippen LogP contribution < -0.4 is 4.87 Å². The molecule has 6 heteroatoms. The second kappa shape index (κ2) is 4.27. The zero-order chi connectivity index (χ0) is 10.8. The molecule has 0 amide bonds. The van der Waals surface area contributed by atoms with Crippen molar-refractivity contribution in [2.75, 3.05) is 5.75 Å². The Balaban J connectivity index is 2.67. The molecule has 0 saturated heterocycles. The predicted octanol–water partition coefficient (Wildman–Crippen LogP) is 0.733. The molecule has 1 aromatic rings. The molecule has 80 valence electrons. The molecule has 1 aromatic heterocycles. The Morgan fingerprint density at radius 2 is 2.14 bits per heavy atom. The first-order valence-electron chi connectivity index (χ1n) is 4.29. The molecule has 0 atom stereocenters. The molecule has 0 spiro atoms. The summed E-state index contributed by atoms with van der Waals surface area (Å²) in [5.41, 5.74) is 0. The van der Waals surface area contributed by atoms with E-state index >= 15 is 0 Å². The third-order valence-electron chi connectivity index (χ3n) is 1.98. The summed E-state index contributed by atoms with van der Waals surface area (Å²) in [6.07, 6.45) is 1.61. The Bertz CT molecular complexity index is 441. The van der Waals surface area contributed by atoms with Crippen LogP contribution in [0.5, 0.6) is 0 Å². The van der Waals surface area contributed by atoms with Gasteiger partial charge in [0, 0.05) is 18.1 Å². The van der Waals surface area contributed by atoms with Gasteiger partial charge < -0.3 is 4.57 Å². The third-order valence-corrected chi connectivity index (χ3v) is 4.86. The first-order valence-corrected chi connectivity index (χ1v) is 6.88. The molecule has 0 fully saturated rings. The van der Waals surface area contributed by atoms with E-state index in [2.05, 4.69) is 0 Å². The first-order chi connectivity index (χ1) is 6.43. The normalized spacial score (nSPS) is 12.2. The number of hydrogen-bond acceptors (Lipinski definition) is 4. The maximum absolute atomic E-state index is 11.4. The van der Waals surface area contributed by atoms with Crippen LogP contribution in [0.15, 0.2) is 16.4 Å². The zero-order valence-corrected chi connectivity index (χ0v) is 9.77. The number of aromatic nitrogens is 1. The van der Waals surface area contributed by atoms with Gasteiger partial charge in [-0.25, -0.2) is 8.42 Å². The summed E-state index contributed by atoms with van der Waals surface area (Å²) in [5, 5.41) is 1.28. The summed E-state index contributed by atoms with van der Waals surface area (Å²) in [4.78, 5) is 11.0. The van der Waals surface area contributed by atoms with Gasteiger partial charge >= 0.3 is 4.87 Å². The molecular weight excluding hydrogens is 222 g/mol. The van der Waals surface area contributed by atoms with Gasteiger partial charge in [0.05, 0.1) is 11.0 Å². The SMILES string of the molecule is CC(C)S(=O)(=O)CCn1ccsc1=O. The summed E-state index contributed by atoms with van der Waals surface area (Å²) in [7, 11) is -3.05. The van der Waals surface area contributed by atoms with E-state index in [1.807, 2.05) is 0 Å². The lowest BCUT2D eigenvalue weighted by atomic mass is 10.6. The second-order valence-corrected chi connectivity index (χ2v) is 6.81. The van der Waals surface area contributed by atoms with E-state index in [1.54, 1.807) is 25.4 Å². The summed E-state index contributed by atoms with van der Waals surface area (Å²) >= 11 is 1.08. The molecule has 4 nitrogen and oxygen atoms in total. The monoisotopic (exact) mass is 235 g/mol. The zero-order valence-electron chi connectivity index (χ0n) is 8.13. The Hall–Kier alpha value is -0.620. The van der Waals surface area contributed by atoms with E-state index in [4.69, 9.17) is 0 Å². The van der Waals surface area contributed by atoms with Crippen LogP contribution in [0, 0.1) is 0 Å². The van der Waals surface area contributed by atoms with Gasteiger partial charge in [0.1, 0.15) is 0 Å². The predicted molar refractivity (Wildman–Crippen MR) is 57.5 cm³/mol. The van der Waals surface area contributed by atoms with Gasteiger partial charge in [-0.1, -0.05) is 11.3 Å². The second-order valence-electron chi connectivity index (χ2n) is 3.28. The maximum Gasteiger partial charge on any atom is 0.307 e. The van der Waals surface area contributed by atoms with Crippen LogP contribution in [-0.4, -0.2) is 24.0 Å². The van der Waals surface area contributed by atoms with Crippen LogP contribution in [0.25, 0.3) is 0 Å². The molecule has 0 N–H and O–H groups in total. The highest BCUT2D eigenvalue weighted by molar-refractivity contribution is 7.91. The van der Waals surface area contributed by atoms with Crippen LogP contribution in [0.2, 0.25) is 0 Å². The van der Waals surface area contributed by atoms with Crippen molar-refractivity contribution in [2.24, 2.45) is 0 Å². The Labute approximate surface area is 87.1 Å². The fraction of sp³-hybridized carbons (Fsp3) is 0.625. The van der Waals surface area contributed by atoms with E-state index in [0.29, 0.717) is 0 Å². The van der Waals surface area contributed by atoms with Crippen molar-refractivity contribution in [3.05, 3.63) is 21.2 Å². The molecular formula is C8H13NO3S2. The largest absolute Gasteiger partial charge is 0.307 e. The summed E-state index contributed by atoms with van der Waals surface area (Å²) in [6.45, 7) is 3.54. The smallest absolute Gasteiger partial charge is 0.305 e. The van der Waals surface area contributed by atoms with Crippen LogP contribution in [0.1, 0.15) is 13.8 Å². The van der Waals surface area contributed by atoms with Gasteiger partial charge in [-0.3, -0.25) is 4.79 Å². The molecule has 0 saturated carbocycles.